The number of amides is 1. The van der Waals surface area contributed by atoms with Crippen LogP contribution in [0.2, 0.25) is 0 Å². The van der Waals surface area contributed by atoms with Crippen molar-refractivity contribution >= 4 is 5.91 Å². The lowest BCUT2D eigenvalue weighted by molar-refractivity contribution is -0.243. The Morgan fingerprint density at radius 3 is 2.63 bits per heavy atom. The van der Waals surface area contributed by atoms with E-state index in [1.54, 1.807) is 6.07 Å². The number of rotatable bonds is 4. The van der Waals surface area contributed by atoms with Gasteiger partial charge in [0.1, 0.15) is 5.41 Å². The average molecular weight is 275 g/mol. The van der Waals surface area contributed by atoms with Crippen LogP contribution in [0, 0.1) is 12.3 Å². The Hall–Kier alpha value is -1.53. The highest BCUT2D eigenvalue weighted by Crippen LogP contribution is 2.53. The Morgan fingerprint density at radius 1 is 1.53 bits per heavy atom. The fraction of sp³-hybridized carbons (Fsp3) is 0.667. The second kappa shape index (κ2) is 4.86. The Kier molecular flexibility index (Phi) is 3.56. The van der Waals surface area contributed by atoms with Gasteiger partial charge in [0.25, 0.3) is 0 Å². The standard InChI is InChI=1S/C12H16F3N3O/c1-8-7-9(18-17-8)3-6-16-10(19)11(4-2-5-11)12(13,14)15/h7H,2-6H2,1H3,(H,16,19)(H,17,18). The highest BCUT2D eigenvalue weighted by molar-refractivity contribution is 5.84. The highest BCUT2D eigenvalue weighted by Gasteiger charge is 2.63. The van der Waals surface area contributed by atoms with E-state index in [2.05, 4.69) is 15.5 Å². The van der Waals surface area contributed by atoms with E-state index in [0.29, 0.717) is 12.8 Å². The molecule has 106 valence electrons. The summed E-state index contributed by atoms with van der Waals surface area (Å²) in [6.45, 7) is 2.00. The first-order valence-electron chi connectivity index (χ1n) is 6.21. The molecule has 0 saturated heterocycles. The van der Waals surface area contributed by atoms with Gasteiger partial charge in [0.05, 0.1) is 5.69 Å². The van der Waals surface area contributed by atoms with Crippen molar-refractivity contribution in [2.24, 2.45) is 5.41 Å². The third-order valence-electron chi connectivity index (χ3n) is 3.61. The fourth-order valence-electron chi connectivity index (χ4n) is 2.25. The second-order valence-corrected chi connectivity index (χ2v) is 4.98. The molecule has 1 fully saturated rings. The van der Waals surface area contributed by atoms with Gasteiger partial charge < -0.3 is 5.32 Å². The van der Waals surface area contributed by atoms with Crippen LogP contribution in [0.4, 0.5) is 13.2 Å². The Balaban J connectivity index is 1.87. The van der Waals surface area contributed by atoms with E-state index in [1.807, 2.05) is 6.92 Å². The maximum atomic E-state index is 12.9. The number of carbonyl (C=O) groups is 1. The lowest BCUT2D eigenvalue weighted by Gasteiger charge is -2.41. The lowest BCUT2D eigenvalue weighted by atomic mass is 9.67. The third kappa shape index (κ3) is 2.59. The number of carbonyl (C=O) groups excluding carboxylic acids is 1. The summed E-state index contributed by atoms with van der Waals surface area (Å²) < 4.78 is 38.6. The Bertz CT molecular complexity index is 463. The first-order chi connectivity index (χ1) is 8.85. The van der Waals surface area contributed by atoms with Crippen LogP contribution in [0.5, 0.6) is 0 Å². The molecule has 0 atom stereocenters. The first kappa shape index (κ1) is 13.9. The maximum Gasteiger partial charge on any atom is 0.403 e. The van der Waals surface area contributed by atoms with Crippen LogP contribution >= 0.6 is 0 Å². The first-order valence-corrected chi connectivity index (χ1v) is 6.21. The fourth-order valence-corrected chi connectivity index (χ4v) is 2.25. The van der Waals surface area contributed by atoms with Crippen LogP contribution < -0.4 is 5.32 Å². The number of H-pyrrole nitrogens is 1. The minimum absolute atomic E-state index is 0.107. The molecule has 0 bridgehead atoms. The van der Waals surface area contributed by atoms with Crippen molar-refractivity contribution in [3.8, 4) is 0 Å². The van der Waals surface area contributed by atoms with E-state index in [0.717, 1.165) is 11.4 Å². The van der Waals surface area contributed by atoms with Crippen LogP contribution in [0.1, 0.15) is 30.7 Å². The SMILES string of the molecule is Cc1cc(CCNC(=O)C2(C(F)(F)F)CCC2)n[nH]1. The number of aromatic nitrogens is 2. The molecule has 1 aromatic rings. The molecule has 1 saturated carbocycles. The zero-order valence-electron chi connectivity index (χ0n) is 10.6. The zero-order valence-corrected chi connectivity index (χ0v) is 10.6. The molecule has 2 rings (SSSR count). The van der Waals surface area contributed by atoms with Crippen LogP contribution in [0.3, 0.4) is 0 Å². The van der Waals surface area contributed by atoms with E-state index < -0.39 is 17.5 Å². The molecule has 0 aromatic carbocycles. The van der Waals surface area contributed by atoms with Gasteiger partial charge in [-0.25, -0.2) is 0 Å². The van der Waals surface area contributed by atoms with Gasteiger partial charge >= 0.3 is 6.18 Å². The van der Waals surface area contributed by atoms with E-state index in [9.17, 15) is 18.0 Å². The maximum absolute atomic E-state index is 12.9. The predicted octanol–water partition coefficient (Wildman–Crippen LogP) is 2.11. The van der Waals surface area contributed by atoms with Crippen LogP contribution in [-0.4, -0.2) is 28.8 Å². The highest BCUT2D eigenvalue weighted by atomic mass is 19.4. The molecule has 1 aromatic heterocycles. The van der Waals surface area contributed by atoms with E-state index in [-0.39, 0.29) is 19.4 Å². The summed E-state index contributed by atoms with van der Waals surface area (Å²) in [6, 6.07) is 1.80. The van der Waals surface area contributed by atoms with Gasteiger partial charge in [-0.1, -0.05) is 6.42 Å². The van der Waals surface area contributed by atoms with Crippen LogP contribution in [0.15, 0.2) is 6.07 Å². The van der Waals surface area contributed by atoms with Gasteiger partial charge in [0.15, 0.2) is 0 Å². The van der Waals surface area contributed by atoms with Crippen LogP contribution in [-0.2, 0) is 11.2 Å². The smallest absolute Gasteiger partial charge is 0.355 e. The lowest BCUT2D eigenvalue weighted by Crippen LogP contribution is -2.55. The number of aryl methyl sites for hydroxylation is 1. The summed E-state index contributed by atoms with van der Waals surface area (Å²) in [5, 5.41) is 9.08. The molecule has 1 aliphatic rings. The minimum Gasteiger partial charge on any atom is -0.355 e. The van der Waals surface area contributed by atoms with Crippen molar-refractivity contribution in [1.29, 1.82) is 0 Å². The van der Waals surface area contributed by atoms with Crippen molar-refractivity contribution in [2.75, 3.05) is 6.54 Å². The molecule has 1 aliphatic carbocycles. The third-order valence-corrected chi connectivity index (χ3v) is 3.61. The van der Waals surface area contributed by atoms with Crippen molar-refractivity contribution in [1.82, 2.24) is 15.5 Å². The molecule has 1 amide bonds. The molecule has 0 aliphatic heterocycles. The summed E-state index contributed by atoms with van der Waals surface area (Å²) in [5.74, 6) is -0.904. The molecule has 0 radical (unpaired) electrons. The van der Waals surface area contributed by atoms with Crippen molar-refractivity contribution in [3.05, 3.63) is 17.5 Å². The number of hydrogen-bond donors (Lipinski definition) is 2. The largest absolute Gasteiger partial charge is 0.403 e. The van der Waals surface area contributed by atoms with Crippen LogP contribution in [0.25, 0.3) is 0 Å². The molecule has 0 spiro atoms. The van der Waals surface area contributed by atoms with Gasteiger partial charge in [-0.2, -0.15) is 18.3 Å². The minimum atomic E-state index is -4.46. The molecule has 2 N–H and O–H groups in total. The molecule has 4 nitrogen and oxygen atoms in total. The monoisotopic (exact) mass is 275 g/mol. The Labute approximate surface area is 108 Å². The van der Waals surface area contributed by atoms with Gasteiger partial charge in [0.2, 0.25) is 5.91 Å². The topological polar surface area (TPSA) is 57.8 Å². The normalized spacial score (nSPS) is 17.9. The number of halogens is 3. The summed E-state index contributed by atoms with van der Waals surface area (Å²) in [5.41, 5.74) is -0.548. The second-order valence-electron chi connectivity index (χ2n) is 4.98. The summed E-state index contributed by atoms with van der Waals surface area (Å²) >= 11 is 0. The number of nitrogens with zero attached hydrogens (tertiary/aromatic N) is 1. The van der Waals surface area contributed by atoms with Gasteiger partial charge in [-0.15, -0.1) is 0 Å². The molecule has 19 heavy (non-hydrogen) atoms. The van der Waals surface area contributed by atoms with Crippen molar-refractivity contribution in [3.63, 3.8) is 0 Å². The molecule has 1 heterocycles. The zero-order chi connectivity index (χ0) is 14.1. The van der Waals surface area contributed by atoms with E-state index in [1.165, 1.54) is 0 Å². The summed E-state index contributed by atoms with van der Waals surface area (Å²) in [4.78, 5) is 11.7. The van der Waals surface area contributed by atoms with Gasteiger partial charge in [-0.05, 0) is 25.8 Å². The van der Waals surface area contributed by atoms with Crippen molar-refractivity contribution in [2.45, 2.75) is 38.8 Å². The van der Waals surface area contributed by atoms with Crippen molar-refractivity contribution < 1.29 is 18.0 Å². The number of alkyl halides is 3. The molecular formula is C12H16F3N3O. The quantitative estimate of drug-likeness (QED) is 0.884. The molecular weight excluding hydrogens is 259 g/mol. The summed E-state index contributed by atoms with van der Waals surface area (Å²) in [6.07, 6.45) is -3.80. The molecule has 7 heteroatoms. The predicted molar refractivity (Wildman–Crippen MR) is 62.4 cm³/mol. The number of nitrogens with one attached hydrogen (secondary N) is 2. The van der Waals surface area contributed by atoms with Gasteiger partial charge in [-0.3, -0.25) is 9.89 Å². The van der Waals surface area contributed by atoms with Gasteiger partial charge in [0, 0.05) is 18.7 Å². The summed E-state index contributed by atoms with van der Waals surface area (Å²) in [7, 11) is 0. The molecule has 0 unspecified atom stereocenters. The number of hydrogen-bond acceptors (Lipinski definition) is 2. The Morgan fingerprint density at radius 2 is 2.21 bits per heavy atom. The number of aromatic amines is 1. The van der Waals surface area contributed by atoms with E-state index in [4.69, 9.17) is 0 Å². The average Bonchev–Trinajstić information content (AvgIpc) is 2.60. The van der Waals surface area contributed by atoms with E-state index >= 15 is 0 Å².